The molecule has 0 radical (unpaired) electrons. The number of nitrogens with one attached hydrogen (secondary N) is 1. The lowest BCUT2D eigenvalue weighted by atomic mass is 10.1. The highest BCUT2D eigenvalue weighted by atomic mass is 79.9. The summed E-state index contributed by atoms with van der Waals surface area (Å²) in [7, 11) is 0. The van der Waals surface area contributed by atoms with Crippen molar-refractivity contribution in [2.75, 3.05) is 19.8 Å². The van der Waals surface area contributed by atoms with Gasteiger partial charge in [0.15, 0.2) is 0 Å². The van der Waals surface area contributed by atoms with E-state index in [2.05, 4.69) is 35.1 Å². The van der Waals surface area contributed by atoms with Crippen LogP contribution in [0.15, 0.2) is 22.7 Å². The van der Waals surface area contributed by atoms with Gasteiger partial charge in [-0.2, -0.15) is 0 Å². The molecule has 0 aromatic heterocycles. The van der Waals surface area contributed by atoms with Crippen LogP contribution in [0.1, 0.15) is 25.8 Å². The van der Waals surface area contributed by atoms with Gasteiger partial charge in [-0.25, -0.2) is 4.39 Å². The highest BCUT2D eigenvalue weighted by molar-refractivity contribution is 9.10. The molecule has 0 spiro atoms. The fourth-order valence-corrected chi connectivity index (χ4v) is 1.79. The van der Waals surface area contributed by atoms with Crippen LogP contribution in [-0.2, 0) is 11.3 Å². The molecular formula is C14H21BrFNO. The second kappa shape index (κ2) is 8.62. The van der Waals surface area contributed by atoms with Crippen molar-refractivity contribution in [2.45, 2.75) is 26.8 Å². The SMILES string of the molecule is CC(C)CCOCCNCc1ccc(Br)cc1F. The van der Waals surface area contributed by atoms with Crippen LogP contribution in [0.3, 0.4) is 0 Å². The molecule has 1 aromatic carbocycles. The monoisotopic (exact) mass is 317 g/mol. The average molecular weight is 318 g/mol. The topological polar surface area (TPSA) is 21.3 Å². The minimum absolute atomic E-state index is 0.183. The van der Waals surface area contributed by atoms with Crippen molar-refractivity contribution in [3.05, 3.63) is 34.1 Å². The van der Waals surface area contributed by atoms with E-state index in [1.165, 1.54) is 6.07 Å². The first-order valence-electron chi connectivity index (χ1n) is 6.32. The Hall–Kier alpha value is -0.450. The van der Waals surface area contributed by atoms with E-state index in [-0.39, 0.29) is 5.82 Å². The highest BCUT2D eigenvalue weighted by Crippen LogP contribution is 2.14. The molecule has 0 aliphatic heterocycles. The van der Waals surface area contributed by atoms with Crippen LogP contribution in [0, 0.1) is 11.7 Å². The van der Waals surface area contributed by atoms with E-state index >= 15 is 0 Å². The van der Waals surface area contributed by atoms with Gasteiger partial charge in [0, 0.05) is 29.7 Å². The van der Waals surface area contributed by atoms with E-state index in [1.54, 1.807) is 6.07 Å². The first-order valence-corrected chi connectivity index (χ1v) is 7.11. The first kappa shape index (κ1) is 15.6. The van der Waals surface area contributed by atoms with E-state index < -0.39 is 0 Å². The Morgan fingerprint density at radius 2 is 2.11 bits per heavy atom. The Morgan fingerprint density at radius 1 is 1.33 bits per heavy atom. The van der Waals surface area contributed by atoms with Gasteiger partial charge in [-0.15, -0.1) is 0 Å². The van der Waals surface area contributed by atoms with Crippen molar-refractivity contribution < 1.29 is 9.13 Å². The van der Waals surface area contributed by atoms with E-state index in [0.29, 0.717) is 24.6 Å². The third kappa shape index (κ3) is 6.47. The van der Waals surface area contributed by atoms with Crippen molar-refractivity contribution in [1.82, 2.24) is 5.32 Å². The molecule has 18 heavy (non-hydrogen) atoms. The predicted octanol–water partition coefficient (Wildman–Crippen LogP) is 3.74. The molecule has 0 aliphatic carbocycles. The van der Waals surface area contributed by atoms with Gasteiger partial charge in [0.25, 0.3) is 0 Å². The van der Waals surface area contributed by atoms with Gasteiger partial charge >= 0.3 is 0 Å². The molecule has 102 valence electrons. The summed E-state index contributed by atoms with van der Waals surface area (Å²) in [5, 5.41) is 3.17. The Labute approximate surface area is 117 Å². The summed E-state index contributed by atoms with van der Waals surface area (Å²) in [6.07, 6.45) is 1.08. The minimum atomic E-state index is -0.183. The van der Waals surface area contributed by atoms with Crippen molar-refractivity contribution >= 4 is 15.9 Å². The molecular weight excluding hydrogens is 297 g/mol. The molecule has 0 heterocycles. The zero-order valence-corrected chi connectivity index (χ0v) is 12.6. The minimum Gasteiger partial charge on any atom is -0.380 e. The molecule has 0 unspecified atom stereocenters. The molecule has 0 saturated carbocycles. The Bertz CT molecular complexity index is 358. The standard InChI is InChI=1S/C14H21BrFNO/c1-11(2)5-7-18-8-6-17-10-12-3-4-13(15)9-14(12)16/h3-4,9,11,17H,5-8,10H2,1-2H3. The lowest BCUT2D eigenvalue weighted by Crippen LogP contribution is -2.20. The normalized spacial score (nSPS) is 11.2. The van der Waals surface area contributed by atoms with Gasteiger partial charge in [-0.05, 0) is 24.5 Å². The summed E-state index contributed by atoms with van der Waals surface area (Å²) in [4.78, 5) is 0. The summed E-state index contributed by atoms with van der Waals surface area (Å²) in [5.41, 5.74) is 0.681. The van der Waals surface area contributed by atoms with E-state index in [4.69, 9.17) is 4.74 Å². The fourth-order valence-electron chi connectivity index (χ4n) is 1.45. The zero-order chi connectivity index (χ0) is 13.4. The Morgan fingerprint density at radius 3 is 2.78 bits per heavy atom. The van der Waals surface area contributed by atoms with Gasteiger partial charge in [0.1, 0.15) is 5.82 Å². The van der Waals surface area contributed by atoms with Gasteiger partial charge in [-0.1, -0.05) is 35.8 Å². The van der Waals surface area contributed by atoms with Crippen LogP contribution in [0.5, 0.6) is 0 Å². The summed E-state index contributed by atoms with van der Waals surface area (Å²) >= 11 is 3.24. The number of benzene rings is 1. The zero-order valence-electron chi connectivity index (χ0n) is 11.0. The summed E-state index contributed by atoms with van der Waals surface area (Å²) in [6.45, 7) is 7.10. The average Bonchev–Trinajstić information content (AvgIpc) is 2.30. The van der Waals surface area contributed by atoms with Crippen LogP contribution in [-0.4, -0.2) is 19.8 Å². The van der Waals surface area contributed by atoms with Crippen LogP contribution in [0.4, 0.5) is 4.39 Å². The Kier molecular flexibility index (Phi) is 7.47. The molecule has 1 N–H and O–H groups in total. The van der Waals surface area contributed by atoms with Crippen molar-refractivity contribution in [3.63, 3.8) is 0 Å². The van der Waals surface area contributed by atoms with Crippen molar-refractivity contribution in [2.24, 2.45) is 5.92 Å². The molecule has 1 aromatic rings. The maximum atomic E-state index is 13.5. The molecule has 1 rings (SSSR count). The first-order chi connectivity index (χ1) is 8.59. The van der Waals surface area contributed by atoms with Gasteiger partial charge < -0.3 is 10.1 Å². The third-order valence-electron chi connectivity index (χ3n) is 2.59. The van der Waals surface area contributed by atoms with E-state index in [0.717, 1.165) is 24.0 Å². The van der Waals surface area contributed by atoms with Crippen molar-refractivity contribution in [3.8, 4) is 0 Å². The summed E-state index contributed by atoms with van der Waals surface area (Å²) < 4.78 is 19.7. The highest BCUT2D eigenvalue weighted by Gasteiger charge is 2.01. The van der Waals surface area contributed by atoms with Crippen LogP contribution >= 0.6 is 15.9 Å². The molecule has 2 nitrogen and oxygen atoms in total. The molecule has 0 amide bonds. The van der Waals surface area contributed by atoms with Gasteiger partial charge in [0.05, 0.1) is 6.61 Å². The van der Waals surface area contributed by atoms with Crippen molar-refractivity contribution in [1.29, 1.82) is 0 Å². The maximum Gasteiger partial charge on any atom is 0.128 e. The molecule has 0 fully saturated rings. The van der Waals surface area contributed by atoms with E-state index in [9.17, 15) is 4.39 Å². The van der Waals surface area contributed by atoms with Crippen LogP contribution < -0.4 is 5.32 Å². The second-order valence-corrected chi connectivity index (χ2v) is 5.62. The van der Waals surface area contributed by atoms with Crippen LogP contribution in [0.25, 0.3) is 0 Å². The second-order valence-electron chi connectivity index (χ2n) is 4.71. The molecule has 0 atom stereocenters. The smallest absolute Gasteiger partial charge is 0.128 e. The molecule has 0 aliphatic rings. The summed E-state index contributed by atoms with van der Waals surface area (Å²) in [5.74, 6) is 0.493. The third-order valence-corrected chi connectivity index (χ3v) is 3.09. The lowest BCUT2D eigenvalue weighted by Gasteiger charge is -2.08. The summed E-state index contributed by atoms with van der Waals surface area (Å²) in [6, 6.07) is 5.11. The maximum absolute atomic E-state index is 13.5. The number of ether oxygens (including phenoxy) is 1. The molecule has 4 heteroatoms. The predicted molar refractivity (Wildman–Crippen MR) is 76.1 cm³/mol. The Balaban J connectivity index is 2.11. The van der Waals surface area contributed by atoms with Crippen LogP contribution in [0.2, 0.25) is 0 Å². The van der Waals surface area contributed by atoms with Gasteiger partial charge in [0.2, 0.25) is 0 Å². The fraction of sp³-hybridized carbons (Fsp3) is 0.571. The molecule has 0 bridgehead atoms. The largest absolute Gasteiger partial charge is 0.380 e. The number of rotatable bonds is 8. The van der Waals surface area contributed by atoms with Gasteiger partial charge in [-0.3, -0.25) is 0 Å². The van der Waals surface area contributed by atoms with E-state index in [1.807, 2.05) is 6.07 Å². The number of hydrogen-bond acceptors (Lipinski definition) is 2. The lowest BCUT2D eigenvalue weighted by molar-refractivity contribution is 0.125. The number of hydrogen-bond donors (Lipinski definition) is 1. The quantitative estimate of drug-likeness (QED) is 0.737. The molecule has 0 saturated heterocycles. The number of halogens is 2.